The van der Waals surface area contributed by atoms with Crippen molar-refractivity contribution in [3.8, 4) is 0 Å². The van der Waals surface area contributed by atoms with E-state index in [2.05, 4.69) is 11.9 Å². The SMILES string of the molecule is C=CC(CCCCC(=O)Nc1ccccc1)CC(=O)NO. The normalized spacial score (nSPS) is 11.5. The molecule has 5 heteroatoms. The predicted octanol–water partition coefficient (Wildman–Crippen LogP) is 2.88. The highest BCUT2D eigenvalue weighted by molar-refractivity contribution is 5.90. The largest absolute Gasteiger partial charge is 0.326 e. The summed E-state index contributed by atoms with van der Waals surface area (Å²) >= 11 is 0. The maximum absolute atomic E-state index is 11.7. The van der Waals surface area contributed by atoms with Crippen LogP contribution in [0.4, 0.5) is 5.69 Å². The van der Waals surface area contributed by atoms with Gasteiger partial charge in [0.25, 0.3) is 0 Å². The van der Waals surface area contributed by atoms with Crippen LogP contribution in [0.15, 0.2) is 43.0 Å². The fraction of sp³-hybridized carbons (Fsp3) is 0.375. The maximum Gasteiger partial charge on any atom is 0.243 e. The van der Waals surface area contributed by atoms with E-state index in [1.54, 1.807) is 11.6 Å². The second kappa shape index (κ2) is 9.72. The molecule has 0 heterocycles. The van der Waals surface area contributed by atoms with Gasteiger partial charge in [-0.2, -0.15) is 0 Å². The zero-order valence-corrected chi connectivity index (χ0v) is 12.0. The van der Waals surface area contributed by atoms with Gasteiger partial charge in [-0.3, -0.25) is 14.8 Å². The van der Waals surface area contributed by atoms with Crippen molar-refractivity contribution in [3.63, 3.8) is 0 Å². The highest BCUT2D eigenvalue weighted by Crippen LogP contribution is 2.15. The Labute approximate surface area is 125 Å². The summed E-state index contributed by atoms with van der Waals surface area (Å²) in [7, 11) is 0. The summed E-state index contributed by atoms with van der Waals surface area (Å²) in [6.07, 6.45) is 4.73. The van der Waals surface area contributed by atoms with Gasteiger partial charge < -0.3 is 5.32 Å². The zero-order valence-electron chi connectivity index (χ0n) is 12.0. The lowest BCUT2D eigenvalue weighted by Gasteiger charge is -2.10. The van der Waals surface area contributed by atoms with E-state index in [0.717, 1.165) is 24.9 Å². The van der Waals surface area contributed by atoms with Crippen LogP contribution in [0.5, 0.6) is 0 Å². The van der Waals surface area contributed by atoms with Crippen molar-refractivity contribution in [1.29, 1.82) is 0 Å². The van der Waals surface area contributed by atoms with E-state index in [0.29, 0.717) is 6.42 Å². The minimum Gasteiger partial charge on any atom is -0.326 e. The third kappa shape index (κ3) is 7.27. The van der Waals surface area contributed by atoms with Gasteiger partial charge in [0.1, 0.15) is 0 Å². The Morgan fingerprint density at radius 2 is 1.90 bits per heavy atom. The van der Waals surface area contributed by atoms with Gasteiger partial charge in [0, 0.05) is 18.5 Å². The van der Waals surface area contributed by atoms with Crippen LogP contribution >= 0.6 is 0 Å². The first-order chi connectivity index (χ1) is 10.2. The molecule has 21 heavy (non-hydrogen) atoms. The first kappa shape index (κ1) is 16.9. The Kier molecular flexibility index (Phi) is 7.82. The van der Waals surface area contributed by atoms with Crippen molar-refractivity contribution < 1.29 is 14.8 Å². The quantitative estimate of drug-likeness (QED) is 0.283. The van der Waals surface area contributed by atoms with E-state index in [-0.39, 0.29) is 18.2 Å². The minimum atomic E-state index is -0.415. The van der Waals surface area contributed by atoms with Gasteiger partial charge in [0.2, 0.25) is 11.8 Å². The summed E-state index contributed by atoms with van der Waals surface area (Å²) in [5.74, 6) is -0.402. The molecule has 0 radical (unpaired) electrons. The van der Waals surface area contributed by atoms with Crippen molar-refractivity contribution >= 4 is 17.5 Å². The van der Waals surface area contributed by atoms with Crippen LogP contribution in [0.1, 0.15) is 32.1 Å². The second-order valence-electron chi connectivity index (χ2n) is 4.89. The third-order valence-electron chi connectivity index (χ3n) is 3.19. The predicted molar refractivity (Wildman–Crippen MR) is 81.8 cm³/mol. The van der Waals surface area contributed by atoms with Crippen molar-refractivity contribution in [2.75, 3.05) is 5.32 Å². The number of carbonyl (C=O) groups is 2. The van der Waals surface area contributed by atoms with Gasteiger partial charge in [-0.15, -0.1) is 6.58 Å². The van der Waals surface area contributed by atoms with Crippen LogP contribution in [0.2, 0.25) is 0 Å². The molecule has 0 saturated heterocycles. The average Bonchev–Trinajstić information content (AvgIpc) is 2.51. The summed E-state index contributed by atoms with van der Waals surface area (Å²) in [5.41, 5.74) is 2.41. The third-order valence-corrected chi connectivity index (χ3v) is 3.19. The average molecular weight is 290 g/mol. The number of para-hydroxylation sites is 1. The summed E-state index contributed by atoms with van der Waals surface area (Å²) < 4.78 is 0. The van der Waals surface area contributed by atoms with Gasteiger partial charge in [0.15, 0.2) is 0 Å². The lowest BCUT2D eigenvalue weighted by atomic mass is 9.97. The number of amides is 2. The van der Waals surface area contributed by atoms with E-state index in [9.17, 15) is 9.59 Å². The van der Waals surface area contributed by atoms with Crippen molar-refractivity contribution in [2.24, 2.45) is 5.92 Å². The van der Waals surface area contributed by atoms with Crippen LogP contribution in [-0.4, -0.2) is 17.0 Å². The lowest BCUT2D eigenvalue weighted by Crippen LogP contribution is -2.21. The van der Waals surface area contributed by atoms with Crippen LogP contribution in [0.25, 0.3) is 0 Å². The summed E-state index contributed by atoms with van der Waals surface area (Å²) in [5, 5.41) is 11.3. The molecule has 0 aliphatic heterocycles. The van der Waals surface area contributed by atoms with Crippen LogP contribution in [0.3, 0.4) is 0 Å². The molecule has 3 N–H and O–H groups in total. The molecule has 2 amide bonds. The number of rotatable bonds is 9. The molecule has 0 aliphatic carbocycles. The second-order valence-corrected chi connectivity index (χ2v) is 4.89. The molecule has 1 aromatic carbocycles. The molecular weight excluding hydrogens is 268 g/mol. The van der Waals surface area contributed by atoms with Crippen molar-refractivity contribution in [1.82, 2.24) is 5.48 Å². The smallest absolute Gasteiger partial charge is 0.243 e. The highest BCUT2D eigenvalue weighted by atomic mass is 16.5. The van der Waals surface area contributed by atoms with E-state index >= 15 is 0 Å². The summed E-state index contributed by atoms with van der Waals surface area (Å²) in [6, 6.07) is 9.33. The molecule has 0 saturated carbocycles. The molecule has 0 aromatic heterocycles. The van der Waals surface area contributed by atoms with Gasteiger partial charge in [-0.05, 0) is 30.9 Å². The number of anilines is 1. The summed E-state index contributed by atoms with van der Waals surface area (Å²) in [4.78, 5) is 22.8. The first-order valence-corrected chi connectivity index (χ1v) is 7.06. The molecule has 0 bridgehead atoms. The number of carbonyl (C=O) groups excluding carboxylic acids is 2. The van der Waals surface area contributed by atoms with E-state index in [4.69, 9.17) is 5.21 Å². The van der Waals surface area contributed by atoms with Gasteiger partial charge >= 0.3 is 0 Å². The lowest BCUT2D eigenvalue weighted by molar-refractivity contribution is -0.129. The molecule has 1 rings (SSSR count). The first-order valence-electron chi connectivity index (χ1n) is 7.06. The number of nitrogens with one attached hydrogen (secondary N) is 2. The van der Waals surface area contributed by atoms with E-state index < -0.39 is 5.91 Å². The van der Waals surface area contributed by atoms with E-state index in [1.807, 2.05) is 30.3 Å². The maximum atomic E-state index is 11.7. The number of hydrogen-bond donors (Lipinski definition) is 3. The Balaban J connectivity index is 2.19. The number of hydroxylamine groups is 1. The number of unbranched alkanes of at least 4 members (excludes halogenated alkanes) is 1. The van der Waals surface area contributed by atoms with Crippen LogP contribution < -0.4 is 10.8 Å². The van der Waals surface area contributed by atoms with Gasteiger partial charge in [-0.25, -0.2) is 5.48 Å². The monoisotopic (exact) mass is 290 g/mol. The molecule has 1 aromatic rings. The van der Waals surface area contributed by atoms with Gasteiger partial charge in [-0.1, -0.05) is 30.7 Å². The van der Waals surface area contributed by atoms with Crippen molar-refractivity contribution in [2.45, 2.75) is 32.1 Å². The molecule has 0 spiro atoms. The standard InChI is InChI=1S/C16H22N2O3/c1-2-13(12-16(20)18-21)8-6-7-11-15(19)17-14-9-4-3-5-10-14/h2-5,9-10,13,21H,1,6-8,11-12H2,(H,17,19)(H,18,20). The van der Waals surface area contributed by atoms with Crippen molar-refractivity contribution in [3.05, 3.63) is 43.0 Å². The molecule has 5 nitrogen and oxygen atoms in total. The molecule has 0 aliphatic rings. The van der Waals surface area contributed by atoms with E-state index in [1.165, 1.54) is 0 Å². The number of hydrogen-bond acceptors (Lipinski definition) is 3. The minimum absolute atomic E-state index is 0.00976. The number of allylic oxidation sites excluding steroid dienone is 1. The summed E-state index contributed by atoms with van der Waals surface area (Å²) in [6.45, 7) is 3.68. The molecular formula is C16H22N2O3. The Morgan fingerprint density at radius 1 is 1.19 bits per heavy atom. The molecule has 0 fully saturated rings. The van der Waals surface area contributed by atoms with Crippen LogP contribution in [0, 0.1) is 5.92 Å². The molecule has 1 atom stereocenters. The van der Waals surface area contributed by atoms with Crippen LogP contribution in [-0.2, 0) is 9.59 Å². The Morgan fingerprint density at radius 3 is 2.52 bits per heavy atom. The topological polar surface area (TPSA) is 78.4 Å². The number of benzene rings is 1. The fourth-order valence-corrected chi connectivity index (χ4v) is 2.02. The molecule has 114 valence electrons. The zero-order chi connectivity index (χ0) is 15.5. The Hall–Kier alpha value is -2.14. The highest BCUT2D eigenvalue weighted by Gasteiger charge is 2.10. The fourth-order valence-electron chi connectivity index (χ4n) is 2.02. The van der Waals surface area contributed by atoms with Gasteiger partial charge in [0.05, 0.1) is 0 Å². The Bertz CT molecular complexity index is 460. The molecule has 1 unspecified atom stereocenters.